The van der Waals surface area contributed by atoms with Crippen LogP contribution >= 0.6 is 15.9 Å². The molecule has 0 fully saturated rings. The summed E-state index contributed by atoms with van der Waals surface area (Å²) in [5, 5.41) is 0. The summed E-state index contributed by atoms with van der Waals surface area (Å²) in [6.45, 7) is 8.48. The van der Waals surface area contributed by atoms with Crippen molar-refractivity contribution < 1.29 is 9.53 Å². The Morgan fingerprint density at radius 2 is 2.22 bits per heavy atom. The molecule has 0 bridgehead atoms. The number of ether oxygens (including phenoxy) is 1. The van der Waals surface area contributed by atoms with Gasteiger partial charge in [-0.25, -0.2) is 4.98 Å². The maximum Gasteiger partial charge on any atom is 0.325 e. The largest absolute Gasteiger partial charge is 0.465 e. The van der Waals surface area contributed by atoms with Crippen molar-refractivity contribution in [1.29, 1.82) is 0 Å². The number of hydrogen-bond acceptors (Lipinski definition) is 4. The van der Waals surface area contributed by atoms with Gasteiger partial charge in [0.05, 0.1) is 6.61 Å². The lowest BCUT2D eigenvalue weighted by atomic mass is 10.2. The first kappa shape index (κ1) is 15.0. The Hall–Kier alpha value is -1.10. The van der Waals surface area contributed by atoms with Gasteiger partial charge in [0.25, 0.3) is 0 Å². The van der Waals surface area contributed by atoms with E-state index in [1.165, 1.54) is 0 Å². The molecule has 0 N–H and O–H groups in total. The van der Waals surface area contributed by atoms with E-state index in [9.17, 15) is 4.79 Å². The van der Waals surface area contributed by atoms with Gasteiger partial charge >= 0.3 is 5.97 Å². The van der Waals surface area contributed by atoms with Gasteiger partial charge in [-0.05, 0) is 55.3 Å². The third-order valence-corrected chi connectivity index (χ3v) is 3.39. The average molecular weight is 315 g/mol. The number of pyridine rings is 1. The molecule has 0 aliphatic rings. The Bertz CT molecular complexity index is 421. The van der Waals surface area contributed by atoms with Gasteiger partial charge < -0.3 is 9.64 Å². The van der Waals surface area contributed by atoms with Crippen LogP contribution in [0.3, 0.4) is 0 Å². The van der Waals surface area contributed by atoms with Crippen molar-refractivity contribution in [3.63, 3.8) is 0 Å². The van der Waals surface area contributed by atoms with Crippen LogP contribution in [0.25, 0.3) is 0 Å². The first-order valence-electron chi connectivity index (χ1n) is 6.00. The summed E-state index contributed by atoms with van der Waals surface area (Å²) in [6, 6.07) is 2.14. The zero-order chi connectivity index (χ0) is 13.7. The van der Waals surface area contributed by atoms with Gasteiger partial charge in [-0.2, -0.15) is 0 Å². The number of hydrogen-bond donors (Lipinski definition) is 0. The number of aryl methyl sites for hydroxylation is 1. The molecule has 0 saturated carbocycles. The summed E-state index contributed by atoms with van der Waals surface area (Å²) in [5.74, 6) is 0.562. The molecule has 0 atom stereocenters. The smallest absolute Gasteiger partial charge is 0.325 e. The summed E-state index contributed by atoms with van der Waals surface area (Å²) in [6.07, 6.45) is 1.76. The highest BCUT2D eigenvalue weighted by atomic mass is 79.9. The quantitative estimate of drug-likeness (QED) is 0.784. The molecule has 1 aromatic heterocycles. The number of anilines is 1. The van der Waals surface area contributed by atoms with Gasteiger partial charge in [-0.1, -0.05) is 0 Å². The predicted octanol–water partition coefficient (Wildman–Crippen LogP) is 2.93. The number of carbonyl (C=O) groups is 1. The number of aromatic nitrogens is 1. The van der Waals surface area contributed by atoms with E-state index in [2.05, 4.69) is 20.9 Å². The highest BCUT2D eigenvalue weighted by molar-refractivity contribution is 9.10. The van der Waals surface area contributed by atoms with Crippen LogP contribution in [0.1, 0.15) is 26.3 Å². The molecule has 4 nitrogen and oxygen atoms in total. The molecular weight excluding hydrogens is 296 g/mol. The Morgan fingerprint density at radius 3 is 2.72 bits per heavy atom. The molecule has 5 heteroatoms. The molecule has 1 heterocycles. The van der Waals surface area contributed by atoms with E-state index >= 15 is 0 Å². The molecule has 0 spiro atoms. The second-order valence-corrected chi connectivity index (χ2v) is 5.17. The molecule has 0 saturated heterocycles. The topological polar surface area (TPSA) is 42.4 Å². The van der Waals surface area contributed by atoms with Crippen LogP contribution in [-0.4, -0.2) is 30.1 Å². The average Bonchev–Trinajstić information content (AvgIpc) is 2.30. The van der Waals surface area contributed by atoms with Crippen molar-refractivity contribution in [3.05, 3.63) is 22.3 Å². The van der Waals surface area contributed by atoms with Gasteiger partial charge in [0.2, 0.25) is 0 Å². The van der Waals surface area contributed by atoms with Crippen molar-refractivity contribution in [3.8, 4) is 0 Å². The van der Waals surface area contributed by atoms with E-state index in [1.54, 1.807) is 13.1 Å². The third kappa shape index (κ3) is 3.98. The molecule has 0 amide bonds. The summed E-state index contributed by atoms with van der Waals surface area (Å²) in [4.78, 5) is 17.9. The molecule has 18 heavy (non-hydrogen) atoms. The Morgan fingerprint density at radius 1 is 1.56 bits per heavy atom. The summed E-state index contributed by atoms with van der Waals surface area (Å²) in [7, 11) is 0. The SMILES string of the molecule is CCOC(=O)CN(c1cc(C)c(Br)cn1)C(C)C. The van der Waals surface area contributed by atoms with Gasteiger partial charge in [-0.3, -0.25) is 4.79 Å². The molecule has 0 radical (unpaired) electrons. The van der Waals surface area contributed by atoms with Crippen LogP contribution in [-0.2, 0) is 9.53 Å². The molecule has 0 aromatic carbocycles. The highest BCUT2D eigenvalue weighted by Crippen LogP contribution is 2.21. The number of halogens is 1. The summed E-state index contributed by atoms with van der Waals surface area (Å²) >= 11 is 3.42. The standard InChI is InChI=1S/C13H19BrN2O2/c1-5-18-13(17)8-16(9(2)3)12-6-10(4)11(14)7-15-12/h6-7,9H,5,8H2,1-4H3. The molecule has 1 rings (SSSR count). The fourth-order valence-corrected chi connectivity index (χ4v) is 1.77. The van der Waals surface area contributed by atoms with Crippen molar-refractivity contribution in [2.45, 2.75) is 33.7 Å². The van der Waals surface area contributed by atoms with Crippen molar-refractivity contribution >= 4 is 27.7 Å². The molecule has 0 aliphatic carbocycles. The van der Waals surface area contributed by atoms with Gasteiger partial charge in [0.15, 0.2) is 0 Å². The minimum Gasteiger partial charge on any atom is -0.465 e. The van der Waals surface area contributed by atoms with Crippen molar-refractivity contribution in [1.82, 2.24) is 4.98 Å². The molecule has 0 unspecified atom stereocenters. The Kier molecular flexibility index (Phi) is 5.59. The molecule has 100 valence electrons. The van der Waals surface area contributed by atoms with Crippen LogP contribution in [0.2, 0.25) is 0 Å². The Labute approximate surface area is 116 Å². The fourth-order valence-electron chi connectivity index (χ4n) is 1.56. The number of rotatable bonds is 5. The van der Waals surface area contributed by atoms with E-state index < -0.39 is 0 Å². The van der Waals surface area contributed by atoms with Crippen LogP contribution < -0.4 is 4.90 Å². The van der Waals surface area contributed by atoms with E-state index in [4.69, 9.17) is 4.74 Å². The maximum absolute atomic E-state index is 11.6. The summed E-state index contributed by atoms with van der Waals surface area (Å²) in [5.41, 5.74) is 1.09. The third-order valence-electron chi connectivity index (χ3n) is 2.55. The molecular formula is C13H19BrN2O2. The maximum atomic E-state index is 11.6. The van der Waals surface area contributed by atoms with Crippen LogP contribution in [0.5, 0.6) is 0 Å². The van der Waals surface area contributed by atoms with Gasteiger partial charge in [0, 0.05) is 16.7 Å². The van der Waals surface area contributed by atoms with Gasteiger partial charge in [0.1, 0.15) is 12.4 Å². The van der Waals surface area contributed by atoms with Crippen LogP contribution in [0, 0.1) is 6.92 Å². The number of esters is 1. The monoisotopic (exact) mass is 314 g/mol. The minimum absolute atomic E-state index is 0.183. The van der Waals surface area contributed by atoms with Crippen molar-refractivity contribution in [2.24, 2.45) is 0 Å². The zero-order valence-corrected chi connectivity index (χ0v) is 12.8. The highest BCUT2D eigenvalue weighted by Gasteiger charge is 2.17. The first-order valence-corrected chi connectivity index (χ1v) is 6.79. The fraction of sp³-hybridized carbons (Fsp3) is 0.538. The Balaban J connectivity index is 2.90. The van der Waals surface area contributed by atoms with Crippen LogP contribution in [0.4, 0.5) is 5.82 Å². The predicted molar refractivity (Wildman–Crippen MR) is 75.8 cm³/mol. The number of carbonyl (C=O) groups excluding carboxylic acids is 1. The second kappa shape index (κ2) is 6.73. The molecule has 1 aromatic rings. The van der Waals surface area contributed by atoms with Crippen molar-refractivity contribution in [2.75, 3.05) is 18.1 Å². The van der Waals surface area contributed by atoms with E-state index in [0.29, 0.717) is 6.61 Å². The minimum atomic E-state index is -0.228. The van der Waals surface area contributed by atoms with E-state index in [0.717, 1.165) is 15.9 Å². The van der Waals surface area contributed by atoms with Gasteiger partial charge in [-0.15, -0.1) is 0 Å². The normalized spacial score (nSPS) is 10.6. The lowest BCUT2D eigenvalue weighted by Gasteiger charge is -2.27. The van der Waals surface area contributed by atoms with E-state index in [-0.39, 0.29) is 18.6 Å². The zero-order valence-electron chi connectivity index (χ0n) is 11.2. The molecule has 0 aliphatic heterocycles. The second-order valence-electron chi connectivity index (χ2n) is 4.32. The van der Waals surface area contributed by atoms with E-state index in [1.807, 2.05) is 31.7 Å². The van der Waals surface area contributed by atoms with Crippen LogP contribution in [0.15, 0.2) is 16.7 Å². The first-order chi connectivity index (χ1) is 8.45. The summed E-state index contributed by atoms with van der Waals surface area (Å²) < 4.78 is 5.94. The lowest BCUT2D eigenvalue weighted by Crippen LogP contribution is -2.37. The number of nitrogens with zero attached hydrogens (tertiary/aromatic N) is 2. The lowest BCUT2D eigenvalue weighted by molar-refractivity contribution is -0.141.